The van der Waals surface area contributed by atoms with Gasteiger partial charge in [-0.25, -0.2) is 4.39 Å². The van der Waals surface area contributed by atoms with Gasteiger partial charge >= 0.3 is 0 Å². The van der Waals surface area contributed by atoms with E-state index in [9.17, 15) is 4.39 Å². The SMILES string of the molecule is N#Cc1cc(NCc2cc(F)ccc2Br)ccc1Cl. The Bertz CT molecular complexity index is 652. The minimum Gasteiger partial charge on any atom is -0.381 e. The lowest BCUT2D eigenvalue weighted by Crippen LogP contribution is -2.01. The van der Waals surface area contributed by atoms with Crippen LogP contribution in [-0.2, 0) is 6.54 Å². The number of hydrogen-bond acceptors (Lipinski definition) is 2. The van der Waals surface area contributed by atoms with Crippen LogP contribution in [0.1, 0.15) is 11.1 Å². The Morgan fingerprint density at radius 2 is 2.05 bits per heavy atom. The van der Waals surface area contributed by atoms with E-state index in [4.69, 9.17) is 16.9 Å². The van der Waals surface area contributed by atoms with Gasteiger partial charge in [0.05, 0.1) is 10.6 Å². The average molecular weight is 340 g/mol. The van der Waals surface area contributed by atoms with Crippen molar-refractivity contribution in [2.75, 3.05) is 5.32 Å². The van der Waals surface area contributed by atoms with Gasteiger partial charge in [-0.15, -0.1) is 0 Å². The van der Waals surface area contributed by atoms with E-state index in [-0.39, 0.29) is 5.82 Å². The lowest BCUT2D eigenvalue weighted by molar-refractivity contribution is 0.625. The molecule has 0 unspecified atom stereocenters. The largest absolute Gasteiger partial charge is 0.381 e. The van der Waals surface area contributed by atoms with Crippen LogP contribution in [0.25, 0.3) is 0 Å². The van der Waals surface area contributed by atoms with E-state index in [1.807, 2.05) is 6.07 Å². The Morgan fingerprint density at radius 3 is 2.79 bits per heavy atom. The van der Waals surface area contributed by atoms with Crippen molar-refractivity contribution in [2.24, 2.45) is 0 Å². The van der Waals surface area contributed by atoms with Gasteiger partial charge in [-0.2, -0.15) is 5.26 Å². The molecule has 0 heterocycles. The van der Waals surface area contributed by atoms with Crippen molar-refractivity contribution in [1.82, 2.24) is 0 Å². The molecule has 2 aromatic rings. The number of nitrogens with zero attached hydrogens (tertiary/aromatic N) is 1. The highest BCUT2D eigenvalue weighted by atomic mass is 79.9. The highest BCUT2D eigenvalue weighted by Gasteiger charge is 2.04. The van der Waals surface area contributed by atoms with Crippen molar-refractivity contribution in [3.8, 4) is 6.07 Å². The van der Waals surface area contributed by atoms with Crippen molar-refractivity contribution in [1.29, 1.82) is 5.26 Å². The highest BCUT2D eigenvalue weighted by Crippen LogP contribution is 2.22. The lowest BCUT2D eigenvalue weighted by atomic mass is 10.2. The smallest absolute Gasteiger partial charge is 0.123 e. The number of anilines is 1. The molecule has 0 spiro atoms. The molecular weight excluding hydrogens is 331 g/mol. The monoisotopic (exact) mass is 338 g/mol. The standard InChI is InChI=1S/C14H9BrClFN2/c15-13-3-1-11(17)5-10(13)8-19-12-2-4-14(16)9(6-12)7-18/h1-6,19H,8H2. The van der Waals surface area contributed by atoms with Gasteiger partial charge in [-0.3, -0.25) is 0 Å². The Kier molecular flexibility index (Phi) is 4.41. The van der Waals surface area contributed by atoms with Gasteiger partial charge in [0.1, 0.15) is 11.9 Å². The molecule has 0 amide bonds. The molecule has 2 aromatic carbocycles. The maximum Gasteiger partial charge on any atom is 0.123 e. The van der Waals surface area contributed by atoms with Gasteiger partial charge < -0.3 is 5.32 Å². The second-order valence-electron chi connectivity index (χ2n) is 3.90. The fraction of sp³-hybridized carbons (Fsp3) is 0.0714. The third-order valence-corrected chi connectivity index (χ3v) is 3.68. The second kappa shape index (κ2) is 6.05. The summed E-state index contributed by atoms with van der Waals surface area (Å²) >= 11 is 9.22. The van der Waals surface area contributed by atoms with Crippen molar-refractivity contribution in [2.45, 2.75) is 6.54 Å². The normalized spacial score (nSPS) is 10.0. The quantitative estimate of drug-likeness (QED) is 0.878. The molecule has 96 valence electrons. The molecule has 1 N–H and O–H groups in total. The Hall–Kier alpha value is -1.57. The number of halogens is 3. The van der Waals surface area contributed by atoms with E-state index in [2.05, 4.69) is 21.2 Å². The molecule has 0 bridgehead atoms. The highest BCUT2D eigenvalue weighted by molar-refractivity contribution is 9.10. The first-order valence-electron chi connectivity index (χ1n) is 5.47. The summed E-state index contributed by atoms with van der Waals surface area (Å²) in [6.07, 6.45) is 0. The van der Waals surface area contributed by atoms with Crippen LogP contribution < -0.4 is 5.32 Å². The Morgan fingerprint density at radius 1 is 1.26 bits per heavy atom. The van der Waals surface area contributed by atoms with Gasteiger partial charge in [0.25, 0.3) is 0 Å². The minimum atomic E-state index is -0.283. The van der Waals surface area contributed by atoms with Crippen LogP contribution in [0.3, 0.4) is 0 Å². The zero-order valence-electron chi connectivity index (χ0n) is 9.75. The van der Waals surface area contributed by atoms with Crippen LogP contribution in [-0.4, -0.2) is 0 Å². The van der Waals surface area contributed by atoms with Gasteiger partial charge in [0, 0.05) is 16.7 Å². The fourth-order valence-corrected chi connectivity index (χ4v) is 2.14. The first kappa shape index (κ1) is 13.9. The Balaban J connectivity index is 2.15. The van der Waals surface area contributed by atoms with Gasteiger partial charge in [-0.05, 0) is 42.0 Å². The molecule has 0 aliphatic heterocycles. The summed E-state index contributed by atoms with van der Waals surface area (Å²) in [7, 11) is 0. The molecule has 2 rings (SSSR count). The van der Waals surface area contributed by atoms with E-state index in [0.717, 1.165) is 15.7 Å². The first-order valence-corrected chi connectivity index (χ1v) is 6.64. The lowest BCUT2D eigenvalue weighted by Gasteiger charge is -2.09. The maximum absolute atomic E-state index is 13.1. The first-order chi connectivity index (χ1) is 9.10. The third-order valence-electron chi connectivity index (χ3n) is 2.58. The van der Waals surface area contributed by atoms with Gasteiger partial charge in [0.2, 0.25) is 0 Å². The number of benzene rings is 2. The fourth-order valence-electron chi connectivity index (χ4n) is 1.60. The van der Waals surface area contributed by atoms with Crippen molar-refractivity contribution in [3.63, 3.8) is 0 Å². The summed E-state index contributed by atoms with van der Waals surface area (Å²) in [4.78, 5) is 0. The molecule has 0 aliphatic carbocycles. The van der Waals surface area contributed by atoms with Crippen LogP contribution in [0.2, 0.25) is 5.02 Å². The zero-order valence-corrected chi connectivity index (χ0v) is 12.1. The average Bonchev–Trinajstić information content (AvgIpc) is 2.41. The van der Waals surface area contributed by atoms with E-state index < -0.39 is 0 Å². The molecule has 5 heteroatoms. The number of nitriles is 1. The molecule has 0 aromatic heterocycles. The maximum atomic E-state index is 13.1. The van der Waals surface area contributed by atoms with Crippen LogP contribution in [0.5, 0.6) is 0 Å². The molecule has 0 saturated carbocycles. The number of hydrogen-bond donors (Lipinski definition) is 1. The zero-order chi connectivity index (χ0) is 13.8. The van der Waals surface area contributed by atoms with E-state index in [0.29, 0.717) is 17.1 Å². The van der Waals surface area contributed by atoms with E-state index >= 15 is 0 Å². The minimum absolute atomic E-state index is 0.283. The molecule has 0 radical (unpaired) electrons. The Labute approximate surface area is 123 Å². The topological polar surface area (TPSA) is 35.8 Å². The number of nitrogens with one attached hydrogen (secondary N) is 1. The summed E-state index contributed by atoms with van der Waals surface area (Å²) < 4.78 is 14.0. The summed E-state index contributed by atoms with van der Waals surface area (Å²) in [5.74, 6) is -0.283. The van der Waals surface area contributed by atoms with E-state index in [1.54, 1.807) is 24.3 Å². The summed E-state index contributed by atoms with van der Waals surface area (Å²) in [5, 5.41) is 12.4. The van der Waals surface area contributed by atoms with Crippen LogP contribution in [0, 0.1) is 17.1 Å². The second-order valence-corrected chi connectivity index (χ2v) is 5.16. The molecule has 0 atom stereocenters. The third kappa shape index (κ3) is 3.46. The van der Waals surface area contributed by atoms with Crippen LogP contribution in [0.15, 0.2) is 40.9 Å². The molecular formula is C14H9BrClFN2. The molecule has 0 saturated heterocycles. The van der Waals surface area contributed by atoms with Gasteiger partial charge in [-0.1, -0.05) is 27.5 Å². The van der Waals surface area contributed by atoms with Crippen molar-refractivity contribution >= 4 is 33.2 Å². The number of rotatable bonds is 3. The van der Waals surface area contributed by atoms with Crippen molar-refractivity contribution in [3.05, 3.63) is 62.8 Å². The predicted molar refractivity (Wildman–Crippen MR) is 77.6 cm³/mol. The van der Waals surface area contributed by atoms with Crippen LogP contribution >= 0.6 is 27.5 Å². The molecule has 0 aliphatic rings. The van der Waals surface area contributed by atoms with Crippen molar-refractivity contribution < 1.29 is 4.39 Å². The summed E-state index contributed by atoms with van der Waals surface area (Å²) in [6.45, 7) is 0.449. The summed E-state index contributed by atoms with van der Waals surface area (Å²) in [5.41, 5.74) is 1.97. The molecule has 19 heavy (non-hydrogen) atoms. The summed E-state index contributed by atoms with van der Waals surface area (Å²) in [6, 6.07) is 11.6. The molecule has 0 fully saturated rings. The van der Waals surface area contributed by atoms with Crippen LogP contribution in [0.4, 0.5) is 10.1 Å². The molecule has 2 nitrogen and oxygen atoms in total. The predicted octanol–water partition coefficient (Wildman–Crippen LogP) is 4.73. The van der Waals surface area contributed by atoms with E-state index in [1.165, 1.54) is 12.1 Å². The van der Waals surface area contributed by atoms with Gasteiger partial charge in [0.15, 0.2) is 0 Å².